The summed E-state index contributed by atoms with van der Waals surface area (Å²) in [6.45, 7) is 0. The summed E-state index contributed by atoms with van der Waals surface area (Å²) in [5.41, 5.74) is 1.14. The van der Waals surface area contributed by atoms with E-state index in [2.05, 4.69) is 5.32 Å². The first-order chi connectivity index (χ1) is 14.0. The Bertz CT molecular complexity index is 1120. The summed E-state index contributed by atoms with van der Waals surface area (Å²) < 4.78 is 10.8. The fraction of sp³-hybridized carbons (Fsp3) is 0.0455. The summed E-state index contributed by atoms with van der Waals surface area (Å²) in [6, 6.07) is 18.2. The monoisotopic (exact) mass is 388 g/mol. The lowest BCUT2D eigenvalue weighted by Crippen LogP contribution is -2.14. The number of ether oxygens (including phenoxy) is 1. The number of amides is 1. The summed E-state index contributed by atoms with van der Waals surface area (Å²) in [4.78, 5) is 23.4. The summed E-state index contributed by atoms with van der Waals surface area (Å²) in [6.07, 6.45) is 1.33. The van der Waals surface area contributed by atoms with E-state index in [4.69, 9.17) is 14.3 Å². The number of methoxy groups -OCH3 is 1. The fourth-order valence-corrected chi connectivity index (χ4v) is 2.59. The third kappa shape index (κ3) is 4.51. The number of nitrogens with one attached hydrogen (secondary N) is 1. The number of furan rings is 1. The van der Waals surface area contributed by atoms with E-state index in [9.17, 15) is 14.9 Å². The highest BCUT2D eigenvalue weighted by atomic mass is 16.5. The van der Waals surface area contributed by atoms with E-state index < -0.39 is 11.9 Å². The van der Waals surface area contributed by atoms with Gasteiger partial charge in [-0.3, -0.25) is 4.79 Å². The number of carbonyl (C=O) groups is 2. The van der Waals surface area contributed by atoms with Gasteiger partial charge in [0.2, 0.25) is 0 Å². The molecule has 3 rings (SSSR count). The highest BCUT2D eigenvalue weighted by molar-refractivity contribution is 6.10. The summed E-state index contributed by atoms with van der Waals surface area (Å²) in [5.74, 6) is -0.340. The van der Waals surface area contributed by atoms with Crippen molar-refractivity contribution in [3.05, 3.63) is 77.6 Å². The Kier molecular flexibility index (Phi) is 5.76. The molecule has 0 fully saturated rings. The number of carboxylic acids is 1. The van der Waals surface area contributed by atoms with Gasteiger partial charge in [0.25, 0.3) is 5.91 Å². The lowest BCUT2D eigenvalue weighted by atomic mass is 10.1. The maximum Gasteiger partial charge on any atom is 0.335 e. The number of nitriles is 1. The lowest BCUT2D eigenvalue weighted by Gasteiger charge is -2.08. The fourth-order valence-electron chi connectivity index (χ4n) is 2.59. The lowest BCUT2D eigenvalue weighted by molar-refractivity contribution is -0.112. The molecule has 144 valence electrons. The number of nitrogens with zero attached hydrogens (tertiary/aromatic N) is 1. The second-order valence-electron chi connectivity index (χ2n) is 5.91. The van der Waals surface area contributed by atoms with Gasteiger partial charge in [-0.1, -0.05) is 24.3 Å². The number of anilines is 1. The molecule has 0 aliphatic heterocycles. The average Bonchev–Trinajstić information content (AvgIpc) is 3.21. The third-order valence-electron chi connectivity index (χ3n) is 4.05. The number of carbonyl (C=O) groups excluding carboxylic acids is 1. The van der Waals surface area contributed by atoms with Crippen LogP contribution in [0.5, 0.6) is 5.75 Å². The van der Waals surface area contributed by atoms with Crippen molar-refractivity contribution in [2.75, 3.05) is 12.4 Å². The van der Waals surface area contributed by atoms with Crippen molar-refractivity contribution >= 4 is 23.6 Å². The summed E-state index contributed by atoms with van der Waals surface area (Å²) in [7, 11) is 1.49. The van der Waals surface area contributed by atoms with Gasteiger partial charge in [-0.05, 0) is 36.4 Å². The molecular weight excluding hydrogens is 372 g/mol. The first-order valence-electron chi connectivity index (χ1n) is 8.51. The molecule has 1 aromatic heterocycles. The maximum atomic E-state index is 12.4. The van der Waals surface area contributed by atoms with Crippen LogP contribution in [0.25, 0.3) is 17.4 Å². The van der Waals surface area contributed by atoms with Gasteiger partial charge in [-0.15, -0.1) is 0 Å². The molecule has 1 heterocycles. The molecule has 2 aromatic carbocycles. The predicted molar refractivity (Wildman–Crippen MR) is 106 cm³/mol. The zero-order valence-corrected chi connectivity index (χ0v) is 15.4. The normalized spacial score (nSPS) is 10.8. The molecule has 0 aliphatic carbocycles. The van der Waals surface area contributed by atoms with E-state index in [1.165, 1.54) is 25.3 Å². The predicted octanol–water partition coefficient (Wildman–Crippen LogP) is 4.20. The van der Waals surface area contributed by atoms with Crippen LogP contribution in [0, 0.1) is 11.3 Å². The van der Waals surface area contributed by atoms with Crippen molar-refractivity contribution in [1.29, 1.82) is 5.26 Å². The minimum Gasteiger partial charge on any atom is -0.495 e. The van der Waals surface area contributed by atoms with Crippen LogP contribution < -0.4 is 10.1 Å². The zero-order chi connectivity index (χ0) is 20.8. The number of hydrogen-bond acceptors (Lipinski definition) is 5. The van der Waals surface area contributed by atoms with Crippen LogP contribution in [0.2, 0.25) is 0 Å². The Labute approximate surface area is 166 Å². The van der Waals surface area contributed by atoms with E-state index >= 15 is 0 Å². The van der Waals surface area contributed by atoms with E-state index in [1.807, 2.05) is 6.07 Å². The molecular formula is C22H16N2O5. The van der Waals surface area contributed by atoms with Gasteiger partial charge in [-0.25, -0.2) is 4.79 Å². The molecule has 7 heteroatoms. The molecule has 7 nitrogen and oxygen atoms in total. The Balaban J connectivity index is 1.80. The third-order valence-corrected chi connectivity index (χ3v) is 4.05. The standard InChI is InChI=1S/C22H16N2O5/c1-28-20-5-3-2-4-18(20)24-21(25)16(13-23)12-17-10-11-19(29-17)14-6-8-15(9-7-14)22(26)27/h2-12H,1H3,(H,24,25)(H,26,27)/b16-12-. The molecule has 0 unspecified atom stereocenters. The number of aromatic carboxylic acids is 1. The van der Waals surface area contributed by atoms with Crippen molar-refractivity contribution in [3.63, 3.8) is 0 Å². The van der Waals surface area contributed by atoms with Crippen LogP contribution in [0.15, 0.2) is 70.7 Å². The second-order valence-corrected chi connectivity index (χ2v) is 5.91. The summed E-state index contributed by atoms with van der Waals surface area (Å²) in [5, 5.41) is 21.0. The highest BCUT2D eigenvalue weighted by Gasteiger charge is 2.13. The Hall–Kier alpha value is -4.31. The number of para-hydroxylation sites is 2. The largest absolute Gasteiger partial charge is 0.495 e. The van der Waals surface area contributed by atoms with Crippen molar-refractivity contribution < 1.29 is 23.8 Å². The van der Waals surface area contributed by atoms with Crippen LogP contribution in [0.3, 0.4) is 0 Å². The van der Waals surface area contributed by atoms with E-state index in [0.717, 1.165) is 0 Å². The average molecular weight is 388 g/mol. The maximum absolute atomic E-state index is 12.4. The molecule has 29 heavy (non-hydrogen) atoms. The van der Waals surface area contributed by atoms with Crippen molar-refractivity contribution in [3.8, 4) is 23.1 Å². The molecule has 0 spiro atoms. The van der Waals surface area contributed by atoms with Crippen molar-refractivity contribution in [1.82, 2.24) is 0 Å². The number of carboxylic acid groups (broad SMARTS) is 1. The van der Waals surface area contributed by atoms with Gasteiger partial charge in [-0.2, -0.15) is 5.26 Å². The van der Waals surface area contributed by atoms with Crippen molar-refractivity contribution in [2.24, 2.45) is 0 Å². The Morgan fingerprint density at radius 2 is 1.83 bits per heavy atom. The molecule has 1 amide bonds. The number of hydrogen-bond donors (Lipinski definition) is 2. The molecule has 0 saturated heterocycles. The minimum absolute atomic E-state index is 0.141. The van der Waals surface area contributed by atoms with E-state index in [-0.39, 0.29) is 11.1 Å². The van der Waals surface area contributed by atoms with Crippen LogP contribution in [-0.4, -0.2) is 24.1 Å². The second kappa shape index (κ2) is 8.59. The smallest absolute Gasteiger partial charge is 0.335 e. The van der Waals surface area contributed by atoms with Crippen LogP contribution in [0.1, 0.15) is 16.1 Å². The van der Waals surface area contributed by atoms with Crippen LogP contribution in [0.4, 0.5) is 5.69 Å². The van der Waals surface area contributed by atoms with E-state index in [0.29, 0.717) is 28.5 Å². The molecule has 0 atom stereocenters. The number of rotatable bonds is 6. The molecule has 0 radical (unpaired) electrons. The minimum atomic E-state index is -1.01. The molecule has 2 N–H and O–H groups in total. The quantitative estimate of drug-likeness (QED) is 0.483. The van der Waals surface area contributed by atoms with Gasteiger partial charge < -0.3 is 19.6 Å². The zero-order valence-electron chi connectivity index (χ0n) is 15.4. The molecule has 3 aromatic rings. The van der Waals surface area contributed by atoms with Gasteiger partial charge in [0.15, 0.2) is 0 Å². The number of benzene rings is 2. The van der Waals surface area contributed by atoms with Crippen molar-refractivity contribution in [2.45, 2.75) is 0 Å². The van der Waals surface area contributed by atoms with Crippen LogP contribution in [-0.2, 0) is 4.79 Å². The Morgan fingerprint density at radius 3 is 2.48 bits per heavy atom. The van der Waals surface area contributed by atoms with Gasteiger partial charge in [0.05, 0.1) is 18.4 Å². The van der Waals surface area contributed by atoms with Crippen LogP contribution >= 0.6 is 0 Å². The SMILES string of the molecule is COc1ccccc1NC(=O)/C(C#N)=C\c1ccc(-c2ccc(C(=O)O)cc2)o1. The summed E-state index contributed by atoms with van der Waals surface area (Å²) >= 11 is 0. The molecule has 0 aliphatic rings. The first kappa shape index (κ1) is 19.5. The van der Waals surface area contributed by atoms with E-state index in [1.54, 1.807) is 48.5 Å². The topological polar surface area (TPSA) is 113 Å². The Morgan fingerprint density at radius 1 is 1.10 bits per heavy atom. The van der Waals surface area contributed by atoms with Gasteiger partial charge >= 0.3 is 5.97 Å². The first-order valence-corrected chi connectivity index (χ1v) is 8.51. The van der Waals surface area contributed by atoms with Gasteiger partial charge in [0, 0.05) is 11.6 Å². The molecule has 0 saturated carbocycles. The van der Waals surface area contributed by atoms with Gasteiger partial charge in [0.1, 0.15) is 28.9 Å². The highest BCUT2D eigenvalue weighted by Crippen LogP contribution is 2.25. The molecule has 0 bridgehead atoms.